The quantitative estimate of drug-likeness (QED) is 0.648. The summed E-state index contributed by atoms with van der Waals surface area (Å²) in [5.41, 5.74) is 5.53. The molecular formula is C17H17BrN2O. The number of hydrazone groups is 1. The van der Waals surface area contributed by atoms with Crippen LogP contribution in [0.25, 0.3) is 0 Å². The molecule has 4 heteroatoms. The lowest BCUT2D eigenvalue weighted by Gasteiger charge is -2.03. The van der Waals surface area contributed by atoms with Crippen LogP contribution in [-0.4, -0.2) is 11.6 Å². The minimum Gasteiger partial charge on any atom is -0.273 e. The van der Waals surface area contributed by atoms with Crippen LogP contribution in [-0.2, 0) is 11.2 Å². The number of carbonyl (C=O) groups excluding carboxylic acids is 1. The molecule has 0 saturated carbocycles. The highest BCUT2D eigenvalue weighted by Gasteiger charge is 2.02. The van der Waals surface area contributed by atoms with Gasteiger partial charge in [-0.25, -0.2) is 5.43 Å². The lowest BCUT2D eigenvalue weighted by Crippen LogP contribution is -2.19. The van der Waals surface area contributed by atoms with E-state index in [1.165, 1.54) is 0 Å². The van der Waals surface area contributed by atoms with E-state index in [4.69, 9.17) is 0 Å². The van der Waals surface area contributed by atoms with Crippen molar-refractivity contribution in [3.8, 4) is 0 Å². The van der Waals surface area contributed by atoms with E-state index in [0.717, 1.165) is 27.7 Å². The maximum absolute atomic E-state index is 11.8. The monoisotopic (exact) mass is 344 g/mol. The number of halogens is 1. The number of amides is 1. The Kier molecular flexibility index (Phi) is 5.69. The Morgan fingerprint density at radius 1 is 1.10 bits per heavy atom. The highest BCUT2D eigenvalue weighted by molar-refractivity contribution is 9.10. The molecule has 2 rings (SSSR count). The van der Waals surface area contributed by atoms with E-state index in [1.54, 1.807) is 0 Å². The van der Waals surface area contributed by atoms with Gasteiger partial charge >= 0.3 is 0 Å². The third-order valence-corrected chi connectivity index (χ3v) is 3.62. The van der Waals surface area contributed by atoms with Gasteiger partial charge in [0.15, 0.2) is 0 Å². The second-order valence-corrected chi connectivity index (χ2v) is 5.64. The van der Waals surface area contributed by atoms with Crippen molar-refractivity contribution in [3.05, 3.63) is 70.2 Å². The van der Waals surface area contributed by atoms with Crippen LogP contribution < -0.4 is 5.43 Å². The van der Waals surface area contributed by atoms with Gasteiger partial charge in [-0.2, -0.15) is 5.10 Å². The van der Waals surface area contributed by atoms with Crippen molar-refractivity contribution in [2.75, 3.05) is 0 Å². The maximum atomic E-state index is 11.8. The number of hydrogen-bond donors (Lipinski definition) is 1. The number of carbonyl (C=O) groups is 1. The van der Waals surface area contributed by atoms with Crippen molar-refractivity contribution in [2.45, 2.75) is 19.8 Å². The molecule has 21 heavy (non-hydrogen) atoms. The molecule has 0 aliphatic rings. The minimum absolute atomic E-state index is 0.0738. The van der Waals surface area contributed by atoms with E-state index in [2.05, 4.69) is 26.5 Å². The van der Waals surface area contributed by atoms with Crippen molar-refractivity contribution in [1.29, 1.82) is 0 Å². The first-order valence-electron chi connectivity index (χ1n) is 6.78. The summed E-state index contributed by atoms with van der Waals surface area (Å²) in [6, 6.07) is 17.8. The van der Waals surface area contributed by atoms with Gasteiger partial charge in [0, 0.05) is 10.9 Å². The SMILES string of the molecule is CC(=NNC(=O)CCc1ccccc1)c1ccc(Br)cc1. The van der Waals surface area contributed by atoms with Gasteiger partial charge in [-0.05, 0) is 36.6 Å². The van der Waals surface area contributed by atoms with Gasteiger partial charge in [0.25, 0.3) is 0 Å². The zero-order chi connectivity index (χ0) is 15.1. The Labute approximate surface area is 133 Å². The normalized spacial score (nSPS) is 11.2. The average molecular weight is 345 g/mol. The summed E-state index contributed by atoms with van der Waals surface area (Å²) in [5.74, 6) is -0.0738. The molecule has 0 aromatic heterocycles. The summed E-state index contributed by atoms with van der Waals surface area (Å²) >= 11 is 3.39. The van der Waals surface area contributed by atoms with Crippen LogP contribution in [0.1, 0.15) is 24.5 Å². The van der Waals surface area contributed by atoms with Crippen LogP contribution in [0.3, 0.4) is 0 Å². The molecule has 108 valence electrons. The molecule has 2 aromatic rings. The van der Waals surface area contributed by atoms with E-state index >= 15 is 0 Å². The van der Waals surface area contributed by atoms with E-state index in [1.807, 2.05) is 61.5 Å². The summed E-state index contributed by atoms with van der Waals surface area (Å²) in [7, 11) is 0. The molecule has 0 heterocycles. The third-order valence-electron chi connectivity index (χ3n) is 3.09. The summed E-state index contributed by atoms with van der Waals surface area (Å²) in [6.45, 7) is 1.88. The molecule has 2 aromatic carbocycles. The van der Waals surface area contributed by atoms with Crippen molar-refractivity contribution < 1.29 is 4.79 Å². The zero-order valence-corrected chi connectivity index (χ0v) is 13.4. The molecule has 0 aliphatic carbocycles. The van der Waals surface area contributed by atoms with Crippen LogP contribution in [0.15, 0.2) is 64.2 Å². The summed E-state index contributed by atoms with van der Waals surface area (Å²) < 4.78 is 1.02. The van der Waals surface area contributed by atoms with E-state index in [0.29, 0.717) is 6.42 Å². The fraction of sp³-hybridized carbons (Fsp3) is 0.176. The van der Waals surface area contributed by atoms with Crippen LogP contribution in [0.4, 0.5) is 0 Å². The third kappa shape index (κ3) is 5.16. The molecule has 0 aliphatic heterocycles. The summed E-state index contributed by atoms with van der Waals surface area (Å²) in [5, 5.41) is 4.14. The summed E-state index contributed by atoms with van der Waals surface area (Å²) in [4.78, 5) is 11.8. The van der Waals surface area contributed by atoms with Crippen molar-refractivity contribution >= 4 is 27.5 Å². The van der Waals surface area contributed by atoms with Crippen LogP contribution in [0.5, 0.6) is 0 Å². The lowest BCUT2D eigenvalue weighted by molar-refractivity contribution is -0.121. The summed E-state index contributed by atoms with van der Waals surface area (Å²) in [6.07, 6.45) is 1.15. The van der Waals surface area contributed by atoms with Crippen molar-refractivity contribution in [3.63, 3.8) is 0 Å². The lowest BCUT2D eigenvalue weighted by atomic mass is 10.1. The average Bonchev–Trinajstić information content (AvgIpc) is 2.52. The van der Waals surface area contributed by atoms with Gasteiger partial charge < -0.3 is 0 Å². The van der Waals surface area contributed by atoms with Gasteiger partial charge in [-0.3, -0.25) is 4.79 Å². The number of aryl methyl sites for hydroxylation is 1. The van der Waals surface area contributed by atoms with Gasteiger partial charge in [-0.1, -0.05) is 58.4 Å². The molecule has 3 nitrogen and oxygen atoms in total. The van der Waals surface area contributed by atoms with E-state index in [-0.39, 0.29) is 5.91 Å². The highest BCUT2D eigenvalue weighted by Crippen LogP contribution is 2.11. The first-order valence-corrected chi connectivity index (χ1v) is 7.57. The smallest absolute Gasteiger partial charge is 0.240 e. The molecule has 1 amide bonds. The fourth-order valence-corrected chi connectivity index (χ4v) is 2.12. The number of benzene rings is 2. The van der Waals surface area contributed by atoms with Crippen LogP contribution in [0, 0.1) is 0 Å². The first-order chi connectivity index (χ1) is 10.1. The largest absolute Gasteiger partial charge is 0.273 e. The standard InChI is InChI=1S/C17H17BrN2O/c1-13(15-8-10-16(18)11-9-15)19-20-17(21)12-7-14-5-3-2-4-6-14/h2-6,8-11H,7,12H2,1H3,(H,20,21). The predicted octanol–water partition coefficient (Wildman–Crippen LogP) is 3.92. The molecule has 0 saturated heterocycles. The highest BCUT2D eigenvalue weighted by atomic mass is 79.9. The molecule has 0 atom stereocenters. The van der Waals surface area contributed by atoms with Crippen molar-refractivity contribution in [1.82, 2.24) is 5.43 Å². The molecule has 0 spiro atoms. The molecular weight excluding hydrogens is 328 g/mol. The van der Waals surface area contributed by atoms with Gasteiger partial charge in [0.2, 0.25) is 5.91 Å². The number of rotatable bonds is 5. The maximum Gasteiger partial charge on any atom is 0.240 e. The Balaban J connectivity index is 1.85. The van der Waals surface area contributed by atoms with Gasteiger partial charge in [0.1, 0.15) is 0 Å². The molecule has 0 radical (unpaired) electrons. The first kappa shape index (κ1) is 15.4. The van der Waals surface area contributed by atoms with Crippen LogP contribution in [0.2, 0.25) is 0 Å². The Morgan fingerprint density at radius 3 is 2.43 bits per heavy atom. The van der Waals surface area contributed by atoms with Gasteiger partial charge in [-0.15, -0.1) is 0 Å². The zero-order valence-electron chi connectivity index (χ0n) is 11.8. The van der Waals surface area contributed by atoms with Crippen molar-refractivity contribution in [2.24, 2.45) is 5.10 Å². The Bertz CT molecular complexity index is 621. The number of hydrogen-bond acceptors (Lipinski definition) is 2. The molecule has 0 bridgehead atoms. The number of nitrogens with zero attached hydrogens (tertiary/aromatic N) is 1. The molecule has 1 N–H and O–H groups in total. The van der Waals surface area contributed by atoms with E-state index in [9.17, 15) is 4.79 Å². The second kappa shape index (κ2) is 7.74. The fourth-order valence-electron chi connectivity index (χ4n) is 1.86. The van der Waals surface area contributed by atoms with Gasteiger partial charge in [0.05, 0.1) is 5.71 Å². The second-order valence-electron chi connectivity index (χ2n) is 4.72. The molecule has 0 fully saturated rings. The Hall–Kier alpha value is -1.94. The predicted molar refractivity (Wildman–Crippen MR) is 89.3 cm³/mol. The number of nitrogens with one attached hydrogen (secondary N) is 1. The molecule has 0 unspecified atom stereocenters. The Morgan fingerprint density at radius 2 is 1.76 bits per heavy atom. The van der Waals surface area contributed by atoms with Crippen LogP contribution >= 0.6 is 15.9 Å². The topological polar surface area (TPSA) is 41.5 Å². The van der Waals surface area contributed by atoms with E-state index < -0.39 is 0 Å². The minimum atomic E-state index is -0.0738.